The van der Waals surface area contributed by atoms with Crippen molar-refractivity contribution in [3.8, 4) is 6.07 Å². The monoisotopic (exact) mass is 369 g/mol. The number of rotatable bonds is 5. The van der Waals surface area contributed by atoms with Crippen molar-refractivity contribution < 1.29 is 18.0 Å². The van der Waals surface area contributed by atoms with Crippen LogP contribution < -0.4 is 10.8 Å². The van der Waals surface area contributed by atoms with E-state index in [2.05, 4.69) is 10.8 Å². The van der Waals surface area contributed by atoms with Crippen molar-refractivity contribution >= 4 is 27.3 Å². The largest absolute Gasteiger partial charge is 0.304 e. The fourth-order valence-corrected chi connectivity index (χ4v) is 4.75. The van der Waals surface area contributed by atoms with Crippen LogP contribution in [0.1, 0.15) is 19.3 Å². The maximum atomic E-state index is 12.7. The number of benzene rings is 1. The number of halogens is 1. The van der Waals surface area contributed by atoms with Gasteiger partial charge in [0.15, 0.2) is 15.4 Å². The first-order valence-corrected chi connectivity index (χ1v) is 9.41. The van der Waals surface area contributed by atoms with Gasteiger partial charge in [0.05, 0.1) is 21.2 Å². The number of carbonyl (C=O) groups excluding carboxylic acids is 1. The van der Waals surface area contributed by atoms with Crippen molar-refractivity contribution in [1.29, 1.82) is 5.26 Å². The summed E-state index contributed by atoms with van der Waals surface area (Å²) >= 11 is 5.98. The lowest BCUT2D eigenvalue weighted by Crippen LogP contribution is -2.42. The SMILES string of the molecule is N#CC1(ONC(=O)[C@@H]2C[C@@H](S(=O)(=O)c3ccccc3Cl)CN2)CC1. The van der Waals surface area contributed by atoms with Gasteiger partial charge in [0.25, 0.3) is 5.91 Å². The highest BCUT2D eigenvalue weighted by molar-refractivity contribution is 7.92. The van der Waals surface area contributed by atoms with Crippen molar-refractivity contribution in [2.45, 2.75) is 41.1 Å². The molecule has 1 aromatic carbocycles. The molecule has 1 aliphatic carbocycles. The van der Waals surface area contributed by atoms with Crippen LogP contribution in [0, 0.1) is 11.3 Å². The molecular weight excluding hydrogens is 354 g/mol. The van der Waals surface area contributed by atoms with Crippen molar-refractivity contribution in [3.05, 3.63) is 29.3 Å². The third kappa shape index (κ3) is 3.26. The van der Waals surface area contributed by atoms with E-state index in [1.807, 2.05) is 6.07 Å². The minimum atomic E-state index is -3.64. The van der Waals surface area contributed by atoms with E-state index in [4.69, 9.17) is 21.7 Å². The normalized spacial score (nSPS) is 25.0. The Balaban J connectivity index is 1.64. The van der Waals surface area contributed by atoms with E-state index in [1.54, 1.807) is 12.1 Å². The van der Waals surface area contributed by atoms with Crippen molar-refractivity contribution in [3.63, 3.8) is 0 Å². The first-order valence-electron chi connectivity index (χ1n) is 7.49. The van der Waals surface area contributed by atoms with Crippen LogP contribution in [0.5, 0.6) is 0 Å². The molecule has 1 saturated heterocycles. The summed E-state index contributed by atoms with van der Waals surface area (Å²) < 4.78 is 25.3. The van der Waals surface area contributed by atoms with Crippen LogP contribution in [0.2, 0.25) is 5.02 Å². The number of sulfone groups is 1. The Morgan fingerprint density at radius 3 is 2.75 bits per heavy atom. The number of hydrogen-bond donors (Lipinski definition) is 2. The molecule has 24 heavy (non-hydrogen) atoms. The molecular formula is C15H16ClN3O4S. The van der Waals surface area contributed by atoms with Crippen molar-refractivity contribution in [2.75, 3.05) is 6.54 Å². The van der Waals surface area contributed by atoms with Gasteiger partial charge >= 0.3 is 0 Å². The number of hydrogen-bond acceptors (Lipinski definition) is 6. The minimum Gasteiger partial charge on any atom is -0.304 e. The molecule has 9 heteroatoms. The Kier molecular flexibility index (Phi) is 4.53. The molecule has 3 rings (SSSR count). The van der Waals surface area contributed by atoms with Crippen molar-refractivity contribution in [1.82, 2.24) is 10.8 Å². The summed E-state index contributed by atoms with van der Waals surface area (Å²) in [6.45, 7) is 0.148. The number of carbonyl (C=O) groups is 1. The van der Waals surface area contributed by atoms with Gasteiger partial charge in [-0.15, -0.1) is 0 Å². The van der Waals surface area contributed by atoms with Crippen LogP contribution in [0.15, 0.2) is 29.2 Å². The second kappa shape index (κ2) is 6.33. The second-order valence-electron chi connectivity index (χ2n) is 5.97. The van der Waals surface area contributed by atoms with E-state index in [0.29, 0.717) is 12.8 Å². The summed E-state index contributed by atoms with van der Waals surface area (Å²) in [6.07, 6.45) is 1.26. The summed E-state index contributed by atoms with van der Waals surface area (Å²) in [6, 6.07) is 7.54. The Labute approximate surface area is 144 Å². The average Bonchev–Trinajstić information content (AvgIpc) is 3.17. The minimum absolute atomic E-state index is 0.0668. The highest BCUT2D eigenvalue weighted by atomic mass is 35.5. The highest BCUT2D eigenvalue weighted by Gasteiger charge is 2.47. The Morgan fingerprint density at radius 1 is 1.42 bits per heavy atom. The Hall–Kier alpha value is -1.66. The molecule has 2 aliphatic rings. The van der Waals surface area contributed by atoms with E-state index in [-0.39, 0.29) is 22.9 Å². The van der Waals surface area contributed by atoms with Crippen LogP contribution in [0.4, 0.5) is 0 Å². The van der Waals surface area contributed by atoms with E-state index in [1.165, 1.54) is 12.1 Å². The molecule has 1 heterocycles. The standard InChI is InChI=1S/C15H16ClN3O4S/c16-11-3-1-2-4-13(11)24(21,22)10-7-12(18-8-10)14(20)19-23-15(9-17)5-6-15/h1-4,10,12,18H,5-8H2,(H,19,20)/t10-,12+/m1/s1. The first kappa shape index (κ1) is 17.2. The van der Waals surface area contributed by atoms with E-state index < -0.39 is 32.6 Å². The third-order valence-electron chi connectivity index (χ3n) is 4.24. The first-order chi connectivity index (χ1) is 11.4. The third-order valence-corrected chi connectivity index (χ3v) is 6.89. The van der Waals surface area contributed by atoms with Gasteiger partial charge in [-0.25, -0.2) is 13.9 Å². The quantitative estimate of drug-likeness (QED) is 0.748. The fourth-order valence-electron chi connectivity index (χ4n) is 2.56. The molecule has 0 bridgehead atoms. The number of nitrogens with one attached hydrogen (secondary N) is 2. The molecule has 1 amide bonds. The maximum absolute atomic E-state index is 12.7. The van der Waals surface area contributed by atoms with Gasteiger partial charge in [-0.2, -0.15) is 5.26 Å². The zero-order valence-corrected chi connectivity index (χ0v) is 14.2. The lowest BCUT2D eigenvalue weighted by atomic mass is 10.2. The van der Waals surface area contributed by atoms with Crippen LogP contribution >= 0.6 is 11.6 Å². The van der Waals surface area contributed by atoms with Gasteiger partial charge in [0, 0.05) is 6.54 Å². The Bertz CT molecular complexity index is 801. The summed E-state index contributed by atoms with van der Waals surface area (Å²) in [5.41, 5.74) is 1.34. The van der Waals surface area contributed by atoms with E-state index in [9.17, 15) is 13.2 Å². The fraction of sp³-hybridized carbons (Fsp3) is 0.467. The molecule has 0 radical (unpaired) electrons. The van der Waals surface area contributed by atoms with Crippen LogP contribution in [-0.4, -0.2) is 37.8 Å². The van der Waals surface area contributed by atoms with Gasteiger partial charge < -0.3 is 5.32 Å². The van der Waals surface area contributed by atoms with Gasteiger partial charge in [0.1, 0.15) is 6.07 Å². The molecule has 2 fully saturated rings. The number of nitrogens with zero attached hydrogens (tertiary/aromatic N) is 1. The van der Waals surface area contributed by atoms with Gasteiger partial charge in [0.2, 0.25) is 0 Å². The molecule has 0 aromatic heterocycles. The predicted molar refractivity (Wildman–Crippen MR) is 85.6 cm³/mol. The number of amides is 1. The molecule has 1 saturated carbocycles. The maximum Gasteiger partial charge on any atom is 0.260 e. The van der Waals surface area contributed by atoms with Gasteiger partial charge in [-0.3, -0.25) is 9.63 Å². The van der Waals surface area contributed by atoms with E-state index >= 15 is 0 Å². The molecule has 2 atom stereocenters. The predicted octanol–water partition coefficient (Wildman–Crippen LogP) is 0.948. The highest BCUT2D eigenvalue weighted by Crippen LogP contribution is 2.37. The summed E-state index contributed by atoms with van der Waals surface area (Å²) in [5, 5.41) is 11.2. The van der Waals surface area contributed by atoms with E-state index in [0.717, 1.165) is 0 Å². The number of nitriles is 1. The second-order valence-corrected chi connectivity index (χ2v) is 8.57. The summed E-state index contributed by atoms with van der Waals surface area (Å²) in [7, 11) is -3.64. The molecule has 0 spiro atoms. The molecule has 1 aliphatic heterocycles. The van der Waals surface area contributed by atoms with Crippen molar-refractivity contribution in [2.24, 2.45) is 0 Å². The van der Waals surface area contributed by atoms with Crippen LogP contribution in [0.25, 0.3) is 0 Å². The van der Waals surface area contributed by atoms with Gasteiger partial charge in [-0.1, -0.05) is 23.7 Å². The molecule has 0 unspecified atom stereocenters. The lowest BCUT2D eigenvalue weighted by molar-refractivity contribution is -0.139. The topological polar surface area (TPSA) is 108 Å². The smallest absolute Gasteiger partial charge is 0.260 e. The van der Waals surface area contributed by atoms with Gasteiger partial charge in [-0.05, 0) is 31.4 Å². The summed E-state index contributed by atoms with van der Waals surface area (Å²) in [4.78, 5) is 17.3. The lowest BCUT2D eigenvalue weighted by Gasteiger charge is -2.14. The molecule has 128 valence electrons. The van der Waals surface area contributed by atoms with Crippen LogP contribution in [0.3, 0.4) is 0 Å². The zero-order chi connectivity index (χ0) is 17.4. The number of hydroxylamine groups is 1. The molecule has 1 aromatic rings. The molecule has 2 N–H and O–H groups in total. The molecule has 7 nitrogen and oxygen atoms in total. The zero-order valence-electron chi connectivity index (χ0n) is 12.7. The summed E-state index contributed by atoms with van der Waals surface area (Å²) in [5.74, 6) is -0.478. The Morgan fingerprint density at radius 2 is 2.12 bits per heavy atom. The van der Waals surface area contributed by atoms with Crippen LogP contribution in [-0.2, 0) is 19.5 Å². The average molecular weight is 370 g/mol.